The summed E-state index contributed by atoms with van der Waals surface area (Å²) < 4.78 is 88.2. The molecule has 1 aliphatic heterocycles. The molecule has 8 nitrogen and oxygen atoms in total. The van der Waals surface area contributed by atoms with Crippen molar-refractivity contribution in [3.63, 3.8) is 0 Å². The molecule has 5 rings (SSSR count). The second kappa shape index (κ2) is 12.0. The summed E-state index contributed by atoms with van der Waals surface area (Å²) in [6.45, 7) is 3.39. The standard InChI is InChI=1S/C29H30F6N6O2/c1-13-25-27(40(3)26(14(2)43-4)28(42)38-25)39-29(36-13)37-17-9-18(10-17)41(11-15-5-19(30)23(34)20(31)6-15)12-16-7-21(32)24(35)22(33)8-16/h5-8,14,17-18,26H,9-12H2,1-4H3,(H,38,42)(H,36,37,39). The van der Waals surface area contributed by atoms with Crippen LogP contribution in [0.15, 0.2) is 24.3 Å². The number of rotatable bonds is 9. The molecule has 0 saturated heterocycles. The van der Waals surface area contributed by atoms with E-state index in [1.165, 1.54) is 7.11 Å². The number of ether oxygens (including phenoxy) is 1. The van der Waals surface area contributed by atoms with Gasteiger partial charge in [0.2, 0.25) is 11.9 Å². The van der Waals surface area contributed by atoms with E-state index < -0.39 is 47.0 Å². The quantitative estimate of drug-likeness (QED) is 0.260. The van der Waals surface area contributed by atoms with Gasteiger partial charge in [0.05, 0.1) is 11.8 Å². The van der Waals surface area contributed by atoms with Crippen LogP contribution < -0.4 is 15.5 Å². The molecule has 2 atom stereocenters. The van der Waals surface area contributed by atoms with Gasteiger partial charge in [-0.1, -0.05) is 0 Å². The lowest BCUT2D eigenvalue weighted by Gasteiger charge is -2.43. The minimum atomic E-state index is -1.60. The first-order valence-corrected chi connectivity index (χ1v) is 13.6. The Balaban J connectivity index is 1.33. The van der Waals surface area contributed by atoms with Crippen molar-refractivity contribution >= 4 is 23.4 Å². The molecule has 43 heavy (non-hydrogen) atoms. The SMILES string of the molecule is COC(C)C1C(=O)Nc2c(C)nc(NC3CC(N(Cc4cc(F)c(F)c(F)c4)Cc4cc(F)c(F)c(F)c4)C3)nc2N1C. The summed E-state index contributed by atoms with van der Waals surface area (Å²) in [5, 5.41) is 6.11. The normalized spacial score (nSPS) is 20.5. The fourth-order valence-electron chi connectivity index (χ4n) is 5.55. The first kappa shape index (κ1) is 30.5. The topological polar surface area (TPSA) is 82.6 Å². The summed E-state index contributed by atoms with van der Waals surface area (Å²) in [5.41, 5.74) is 1.28. The lowest BCUT2D eigenvalue weighted by atomic mass is 9.85. The third kappa shape index (κ3) is 6.11. The number of hydrogen-bond acceptors (Lipinski definition) is 7. The molecule has 1 saturated carbocycles. The van der Waals surface area contributed by atoms with Gasteiger partial charge < -0.3 is 20.3 Å². The number of aryl methyl sites for hydroxylation is 1. The minimum Gasteiger partial charge on any atom is -0.379 e. The fourth-order valence-corrected chi connectivity index (χ4v) is 5.55. The number of nitrogens with one attached hydrogen (secondary N) is 2. The summed E-state index contributed by atoms with van der Waals surface area (Å²) in [6, 6.07) is 2.49. The Labute approximate surface area is 244 Å². The van der Waals surface area contributed by atoms with Crippen LogP contribution in [-0.2, 0) is 22.6 Å². The van der Waals surface area contributed by atoms with E-state index in [0.717, 1.165) is 24.3 Å². The van der Waals surface area contributed by atoms with Crippen molar-refractivity contribution in [2.24, 2.45) is 0 Å². The molecule has 0 bridgehead atoms. The summed E-state index contributed by atoms with van der Waals surface area (Å²) in [6.07, 6.45) is 0.579. The van der Waals surface area contributed by atoms with Crippen LogP contribution in [0.25, 0.3) is 0 Å². The number of methoxy groups -OCH3 is 1. The molecule has 2 N–H and O–H groups in total. The summed E-state index contributed by atoms with van der Waals surface area (Å²) >= 11 is 0. The zero-order valence-electron chi connectivity index (χ0n) is 23.8. The zero-order valence-corrected chi connectivity index (χ0v) is 23.8. The smallest absolute Gasteiger partial charge is 0.249 e. The van der Waals surface area contributed by atoms with E-state index >= 15 is 0 Å². The van der Waals surface area contributed by atoms with Crippen LogP contribution in [0, 0.1) is 41.8 Å². The van der Waals surface area contributed by atoms with Crippen molar-refractivity contribution in [1.29, 1.82) is 0 Å². The average Bonchev–Trinajstić information content (AvgIpc) is 2.92. The molecule has 3 aromatic rings. The number of likely N-dealkylation sites (N-methyl/N-ethyl adjacent to an activating group) is 1. The van der Waals surface area contributed by atoms with E-state index in [0.29, 0.717) is 36.0 Å². The Morgan fingerprint density at radius 1 is 0.977 bits per heavy atom. The second-order valence-corrected chi connectivity index (χ2v) is 10.9. The summed E-state index contributed by atoms with van der Waals surface area (Å²) in [5.74, 6) is -8.02. The predicted molar refractivity (Wildman–Crippen MR) is 146 cm³/mol. The maximum absolute atomic E-state index is 13.9. The minimum absolute atomic E-state index is 0.0653. The number of carbonyl (C=O) groups excluding carboxylic acids is 1. The van der Waals surface area contributed by atoms with Gasteiger partial charge in [-0.15, -0.1) is 0 Å². The molecule has 1 aromatic heterocycles. The number of nitrogens with zero attached hydrogens (tertiary/aromatic N) is 4. The molecule has 2 unspecified atom stereocenters. The highest BCUT2D eigenvalue weighted by Gasteiger charge is 2.38. The molecule has 1 fully saturated rings. The van der Waals surface area contributed by atoms with Crippen LogP contribution in [0.2, 0.25) is 0 Å². The molecule has 2 aliphatic rings. The van der Waals surface area contributed by atoms with Crippen LogP contribution in [-0.4, -0.2) is 59.2 Å². The monoisotopic (exact) mass is 608 g/mol. The third-order valence-corrected chi connectivity index (χ3v) is 7.98. The van der Waals surface area contributed by atoms with Crippen molar-refractivity contribution in [3.8, 4) is 0 Å². The van der Waals surface area contributed by atoms with Gasteiger partial charge in [-0.3, -0.25) is 9.69 Å². The van der Waals surface area contributed by atoms with E-state index in [2.05, 4.69) is 20.6 Å². The molecule has 2 aromatic carbocycles. The molecule has 0 radical (unpaired) electrons. The van der Waals surface area contributed by atoms with E-state index in [1.807, 2.05) is 0 Å². The Bertz CT molecular complexity index is 1450. The highest BCUT2D eigenvalue weighted by atomic mass is 19.2. The van der Waals surface area contributed by atoms with Crippen molar-refractivity contribution in [1.82, 2.24) is 14.9 Å². The van der Waals surface area contributed by atoms with Crippen molar-refractivity contribution < 1.29 is 35.9 Å². The number of amides is 1. The number of fused-ring (bicyclic) bond motifs is 1. The highest BCUT2D eigenvalue weighted by Crippen LogP contribution is 2.36. The van der Waals surface area contributed by atoms with E-state index in [-0.39, 0.29) is 42.2 Å². The predicted octanol–water partition coefficient (Wildman–Crippen LogP) is 5.06. The molecule has 2 heterocycles. The van der Waals surface area contributed by atoms with E-state index in [1.54, 1.807) is 30.7 Å². The van der Waals surface area contributed by atoms with Crippen LogP contribution in [0.5, 0.6) is 0 Å². The Morgan fingerprint density at radius 3 is 1.98 bits per heavy atom. The third-order valence-electron chi connectivity index (χ3n) is 7.98. The lowest BCUT2D eigenvalue weighted by Crippen LogP contribution is -2.53. The molecule has 1 amide bonds. The van der Waals surface area contributed by atoms with Gasteiger partial charge >= 0.3 is 0 Å². The molecule has 1 aliphatic carbocycles. The summed E-state index contributed by atoms with van der Waals surface area (Å²) in [7, 11) is 3.26. The maximum Gasteiger partial charge on any atom is 0.249 e. The van der Waals surface area contributed by atoms with Crippen LogP contribution in [0.1, 0.15) is 36.6 Å². The number of carbonyl (C=O) groups is 1. The molecule has 230 valence electrons. The van der Waals surface area contributed by atoms with Gasteiger partial charge in [-0.2, -0.15) is 4.98 Å². The maximum atomic E-state index is 13.9. The van der Waals surface area contributed by atoms with Gasteiger partial charge in [-0.05, 0) is 62.1 Å². The largest absolute Gasteiger partial charge is 0.379 e. The summed E-state index contributed by atoms with van der Waals surface area (Å²) in [4.78, 5) is 25.2. The average molecular weight is 609 g/mol. The number of halogens is 6. The number of anilines is 3. The zero-order chi connectivity index (χ0) is 31.2. The lowest BCUT2D eigenvalue weighted by molar-refractivity contribution is -0.120. The molecular weight excluding hydrogens is 578 g/mol. The van der Waals surface area contributed by atoms with Crippen LogP contribution in [0.3, 0.4) is 0 Å². The van der Waals surface area contributed by atoms with Crippen molar-refractivity contribution in [2.45, 2.75) is 64.0 Å². The van der Waals surface area contributed by atoms with Crippen molar-refractivity contribution in [3.05, 3.63) is 76.0 Å². The van der Waals surface area contributed by atoms with E-state index in [9.17, 15) is 31.1 Å². The Kier molecular flexibility index (Phi) is 8.52. The Hall–Kier alpha value is -3.91. The first-order chi connectivity index (χ1) is 20.4. The number of hydrogen-bond donors (Lipinski definition) is 2. The van der Waals surface area contributed by atoms with Gasteiger partial charge in [-0.25, -0.2) is 31.3 Å². The van der Waals surface area contributed by atoms with Crippen molar-refractivity contribution in [2.75, 3.05) is 29.7 Å². The molecule has 0 spiro atoms. The van der Waals surface area contributed by atoms with Crippen LogP contribution >= 0.6 is 0 Å². The van der Waals surface area contributed by atoms with Gasteiger partial charge in [0.1, 0.15) is 11.7 Å². The van der Waals surface area contributed by atoms with Gasteiger partial charge in [0.15, 0.2) is 40.7 Å². The fraction of sp³-hybridized carbons (Fsp3) is 0.414. The van der Waals surface area contributed by atoms with E-state index in [4.69, 9.17) is 4.74 Å². The van der Waals surface area contributed by atoms with Gasteiger partial charge in [0, 0.05) is 39.3 Å². The Morgan fingerprint density at radius 2 is 1.49 bits per heavy atom. The molecular formula is C29H30F6N6O2. The molecule has 14 heteroatoms. The second-order valence-electron chi connectivity index (χ2n) is 10.9. The first-order valence-electron chi connectivity index (χ1n) is 13.6. The number of benzene rings is 2. The van der Waals surface area contributed by atoms with Gasteiger partial charge in [0.25, 0.3) is 0 Å². The number of aromatic nitrogens is 2. The highest BCUT2D eigenvalue weighted by molar-refractivity contribution is 6.03. The van der Waals surface area contributed by atoms with Crippen LogP contribution in [0.4, 0.5) is 43.8 Å².